The van der Waals surface area contributed by atoms with Gasteiger partial charge in [0.15, 0.2) is 5.11 Å². The molecular weight excluding hydrogens is 288 g/mol. The zero-order valence-corrected chi connectivity index (χ0v) is 12.6. The fourth-order valence-corrected chi connectivity index (χ4v) is 2.30. The van der Waals surface area contributed by atoms with Crippen LogP contribution >= 0.6 is 24.0 Å². The molecule has 0 bridgehead atoms. The van der Waals surface area contributed by atoms with Crippen molar-refractivity contribution in [3.8, 4) is 0 Å². The summed E-state index contributed by atoms with van der Waals surface area (Å²) < 4.78 is 0. The molecule has 1 amide bonds. The third-order valence-corrected chi connectivity index (χ3v) is 3.52. The van der Waals surface area contributed by atoms with E-state index >= 15 is 0 Å². The van der Waals surface area contributed by atoms with Gasteiger partial charge in [0, 0.05) is 16.1 Å². The fraction of sp³-hybridized carbons (Fsp3) is 0.0667. The molecule has 0 radical (unpaired) electrons. The molecule has 2 N–H and O–H groups in total. The Morgan fingerprint density at radius 2 is 1.85 bits per heavy atom. The molecule has 0 fully saturated rings. The van der Waals surface area contributed by atoms with Crippen molar-refractivity contribution in [2.45, 2.75) is 4.90 Å². The Kier molecular flexibility index (Phi) is 5.15. The number of carbonyl (C=O) groups excluding carboxylic acids is 1. The molecule has 5 heteroatoms. The Morgan fingerprint density at radius 3 is 2.55 bits per heavy atom. The van der Waals surface area contributed by atoms with Crippen LogP contribution in [0.15, 0.2) is 59.5 Å². The van der Waals surface area contributed by atoms with E-state index in [0.717, 1.165) is 10.6 Å². The number of hydrogen-bond acceptors (Lipinski definition) is 3. The van der Waals surface area contributed by atoms with Crippen molar-refractivity contribution in [1.82, 2.24) is 5.32 Å². The van der Waals surface area contributed by atoms with E-state index in [4.69, 9.17) is 12.2 Å². The zero-order chi connectivity index (χ0) is 14.4. The van der Waals surface area contributed by atoms with Gasteiger partial charge >= 0.3 is 0 Å². The maximum Gasteiger partial charge on any atom is 0.257 e. The van der Waals surface area contributed by atoms with E-state index in [1.165, 1.54) is 0 Å². The van der Waals surface area contributed by atoms with E-state index in [1.54, 1.807) is 23.9 Å². The molecule has 0 aliphatic rings. The van der Waals surface area contributed by atoms with Crippen molar-refractivity contribution in [2.24, 2.45) is 0 Å². The minimum absolute atomic E-state index is 0.218. The van der Waals surface area contributed by atoms with Crippen molar-refractivity contribution in [3.05, 3.63) is 60.2 Å². The first-order chi connectivity index (χ1) is 9.69. The lowest BCUT2D eigenvalue weighted by molar-refractivity contribution is 0.0978. The summed E-state index contributed by atoms with van der Waals surface area (Å²) in [5, 5.41) is 5.95. The second-order valence-electron chi connectivity index (χ2n) is 4.01. The standard InChI is InChI=1S/C15H14N2OS2/c1-20-13-9-5-8-12(10-13)16-15(19)17-14(18)11-6-3-2-4-7-11/h2-10H,1H3,(H2,16,17,18,19). The Bertz CT molecular complexity index is 614. The quantitative estimate of drug-likeness (QED) is 0.672. The molecule has 2 rings (SSSR count). The van der Waals surface area contributed by atoms with Crippen molar-refractivity contribution in [3.63, 3.8) is 0 Å². The molecule has 0 unspecified atom stereocenters. The lowest BCUT2D eigenvalue weighted by Crippen LogP contribution is -2.34. The topological polar surface area (TPSA) is 41.1 Å². The molecule has 0 aliphatic heterocycles. The molecule has 0 heterocycles. The van der Waals surface area contributed by atoms with Gasteiger partial charge in [-0.1, -0.05) is 24.3 Å². The first-order valence-electron chi connectivity index (χ1n) is 6.00. The average molecular weight is 302 g/mol. The smallest absolute Gasteiger partial charge is 0.257 e. The number of anilines is 1. The molecule has 0 atom stereocenters. The number of benzene rings is 2. The van der Waals surface area contributed by atoms with E-state index < -0.39 is 0 Å². The van der Waals surface area contributed by atoms with Crippen LogP contribution in [-0.2, 0) is 0 Å². The maximum absolute atomic E-state index is 11.9. The SMILES string of the molecule is CSc1cccc(NC(=S)NC(=O)c2ccccc2)c1. The summed E-state index contributed by atoms with van der Waals surface area (Å²) >= 11 is 6.79. The molecule has 102 valence electrons. The molecule has 2 aromatic rings. The van der Waals surface area contributed by atoms with Crippen molar-refractivity contribution < 1.29 is 4.79 Å². The van der Waals surface area contributed by atoms with E-state index in [9.17, 15) is 4.79 Å². The highest BCUT2D eigenvalue weighted by molar-refractivity contribution is 7.98. The van der Waals surface area contributed by atoms with Crippen LogP contribution in [-0.4, -0.2) is 17.3 Å². The third kappa shape index (κ3) is 4.08. The van der Waals surface area contributed by atoms with Gasteiger partial charge in [0.1, 0.15) is 0 Å². The summed E-state index contributed by atoms with van der Waals surface area (Å²) in [5.74, 6) is -0.218. The molecule has 20 heavy (non-hydrogen) atoms. The Labute approximate surface area is 127 Å². The van der Waals surface area contributed by atoms with Gasteiger partial charge in [-0.25, -0.2) is 0 Å². The number of thiocarbonyl (C=S) groups is 1. The van der Waals surface area contributed by atoms with Crippen LogP contribution in [0, 0.1) is 0 Å². The summed E-state index contributed by atoms with van der Waals surface area (Å²) in [7, 11) is 0. The van der Waals surface area contributed by atoms with E-state index in [-0.39, 0.29) is 11.0 Å². The molecule has 2 aromatic carbocycles. The predicted octanol–water partition coefficient (Wildman–Crippen LogP) is 3.54. The van der Waals surface area contributed by atoms with Crippen molar-refractivity contribution in [2.75, 3.05) is 11.6 Å². The summed E-state index contributed by atoms with van der Waals surface area (Å²) in [6, 6.07) is 16.8. The number of amides is 1. The second-order valence-corrected chi connectivity index (χ2v) is 5.29. The minimum Gasteiger partial charge on any atom is -0.332 e. The van der Waals surface area contributed by atoms with Crippen LogP contribution in [0.3, 0.4) is 0 Å². The normalized spacial score (nSPS) is 9.85. The molecule has 0 saturated heterocycles. The van der Waals surface area contributed by atoms with Gasteiger partial charge in [-0.2, -0.15) is 0 Å². The van der Waals surface area contributed by atoms with E-state index in [2.05, 4.69) is 10.6 Å². The van der Waals surface area contributed by atoms with Crippen LogP contribution in [0.5, 0.6) is 0 Å². The second kappa shape index (κ2) is 7.07. The first kappa shape index (κ1) is 14.6. The van der Waals surface area contributed by atoms with Crippen LogP contribution < -0.4 is 10.6 Å². The highest BCUT2D eigenvalue weighted by Crippen LogP contribution is 2.18. The molecule has 3 nitrogen and oxygen atoms in total. The predicted molar refractivity (Wildman–Crippen MR) is 88.4 cm³/mol. The fourth-order valence-electron chi connectivity index (χ4n) is 1.63. The van der Waals surface area contributed by atoms with Crippen LogP contribution in [0.4, 0.5) is 5.69 Å². The summed E-state index contributed by atoms with van der Waals surface area (Å²) in [4.78, 5) is 13.1. The first-order valence-corrected chi connectivity index (χ1v) is 7.64. The van der Waals surface area contributed by atoms with Gasteiger partial charge in [-0.3, -0.25) is 10.1 Å². The zero-order valence-electron chi connectivity index (χ0n) is 10.9. The molecule has 0 aliphatic carbocycles. The monoisotopic (exact) mass is 302 g/mol. The van der Waals surface area contributed by atoms with Gasteiger partial charge in [-0.05, 0) is 48.8 Å². The van der Waals surface area contributed by atoms with Crippen LogP contribution in [0.25, 0.3) is 0 Å². The van der Waals surface area contributed by atoms with Gasteiger partial charge in [-0.15, -0.1) is 11.8 Å². The molecule has 0 aromatic heterocycles. The van der Waals surface area contributed by atoms with Gasteiger partial charge < -0.3 is 5.32 Å². The summed E-state index contributed by atoms with van der Waals surface area (Å²) in [6.07, 6.45) is 2.01. The van der Waals surface area contributed by atoms with Gasteiger partial charge in [0.2, 0.25) is 0 Å². The lowest BCUT2D eigenvalue weighted by atomic mass is 10.2. The Balaban J connectivity index is 1.97. The Morgan fingerprint density at radius 1 is 1.10 bits per heavy atom. The highest BCUT2D eigenvalue weighted by Gasteiger charge is 2.07. The molecular formula is C15H14N2OS2. The van der Waals surface area contributed by atoms with E-state index in [0.29, 0.717) is 5.56 Å². The maximum atomic E-state index is 11.9. The van der Waals surface area contributed by atoms with E-state index in [1.807, 2.05) is 48.7 Å². The minimum atomic E-state index is -0.218. The van der Waals surface area contributed by atoms with Crippen molar-refractivity contribution in [1.29, 1.82) is 0 Å². The number of rotatable bonds is 3. The summed E-state index contributed by atoms with van der Waals surface area (Å²) in [6.45, 7) is 0. The number of thioether (sulfide) groups is 1. The molecule has 0 spiro atoms. The van der Waals surface area contributed by atoms with Crippen LogP contribution in [0.2, 0.25) is 0 Å². The van der Waals surface area contributed by atoms with Gasteiger partial charge in [0.25, 0.3) is 5.91 Å². The highest BCUT2D eigenvalue weighted by atomic mass is 32.2. The lowest BCUT2D eigenvalue weighted by Gasteiger charge is -2.10. The van der Waals surface area contributed by atoms with Crippen molar-refractivity contribution >= 4 is 40.7 Å². The average Bonchev–Trinajstić information content (AvgIpc) is 2.48. The number of carbonyl (C=O) groups is 1. The number of hydrogen-bond donors (Lipinski definition) is 2. The number of nitrogens with one attached hydrogen (secondary N) is 2. The van der Waals surface area contributed by atoms with Crippen LogP contribution in [0.1, 0.15) is 10.4 Å². The third-order valence-electron chi connectivity index (χ3n) is 2.59. The summed E-state index contributed by atoms with van der Waals surface area (Å²) in [5.41, 5.74) is 1.43. The Hall–Kier alpha value is -1.85. The van der Waals surface area contributed by atoms with Gasteiger partial charge in [0.05, 0.1) is 0 Å². The largest absolute Gasteiger partial charge is 0.332 e. The molecule has 0 saturated carbocycles.